The van der Waals surface area contributed by atoms with Crippen LogP contribution in [-0.2, 0) is 116 Å². The number of hydrogen-bond donors (Lipinski definition) is 17. The maximum absolute atomic E-state index is 14.2. The van der Waals surface area contributed by atoms with Gasteiger partial charge >= 0.3 is 31.1 Å². The zero-order valence-electron chi connectivity index (χ0n) is 66.3. The van der Waals surface area contributed by atoms with Gasteiger partial charge in [-0.3, -0.25) is 46.1 Å². The number of hydrogen-bond acceptors (Lipinski definition) is 35. The number of nitrogens with one attached hydrogen (secondary N) is 3. The van der Waals surface area contributed by atoms with Crippen LogP contribution in [0.25, 0.3) is 0 Å². The summed E-state index contributed by atoms with van der Waals surface area (Å²) >= 11 is 0. The topological polar surface area (TPSA) is 605 Å². The van der Waals surface area contributed by atoms with Crippen molar-refractivity contribution in [3.05, 3.63) is 0 Å². The molecule has 114 heavy (non-hydrogen) atoms. The van der Waals surface area contributed by atoms with Crippen LogP contribution >= 0.6 is 31.1 Å². The summed E-state index contributed by atoms with van der Waals surface area (Å²) in [7, 11) is -18.5. The van der Waals surface area contributed by atoms with Crippen molar-refractivity contribution in [1.29, 1.82) is 0 Å². The van der Waals surface area contributed by atoms with E-state index in [1.807, 2.05) is 13.8 Å². The number of carbonyl (C=O) groups is 3. The number of aliphatic hydroxyl groups is 10. The average molecular weight is 1740 g/mol. The zero-order valence-corrected chi connectivity index (χ0v) is 69.8. The highest BCUT2D eigenvalue weighted by Crippen LogP contribution is 2.49. The molecular weight excluding hydrogens is 1610 g/mol. The first kappa shape index (κ1) is 106. The molecule has 3 saturated heterocycles. The first-order valence-electron chi connectivity index (χ1n) is 39.0. The molecule has 3 heterocycles. The molecule has 0 aliphatic carbocycles. The fraction of sp³-hybridized carbons (Fsp3) is 0.956. The van der Waals surface area contributed by atoms with E-state index in [0.29, 0.717) is 83.8 Å². The average Bonchev–Trinajstić information content (AvgIpc) is 0.815. The van der Waals surface area contributed by atoms with Gasteiger partial charge in [0.1, 0.15) is 67.0 Å². The first-order valence-corrected chi connectivity index (χ1v) is 45.2. The van der Waals surface area contributed by atoms with Crippen molar-refractivity contribution >= 4 is 48.8 Å². The fourth-order valence-electron chi connectivity index (χ4n) is 12.0. The number of amides is 3. The van der Waals surface area contributed by atoms with Crippen molar-refractivity contribution < 1.29 is 187 Å². The smallest absolute Gasteiger partial charge is 0.396 e. The van der Waals surface area contributed by atoms with Crippen LogP contribution in [-0.4, -0.2) is 351 Å². The standard InChI is InChI=1S/C68H133N3O39P4/c1-48(2)98-30-17-23-93-42-52(38-72)43-94-24-18-34-101-111(85,86)47-68(46-97-27-21-37-107-114(91,92)104-33-16-10-11-22-53-57(69-49(3)76)63(82)60(79)54(39-73)108-53,44-95-25-19-35-105-112(87,88)102-31-14-8-6-12-28-99-66-58(70-50(4)77)64(83)61(80)55(40-74)109-66)45-96-26-20-36-106-113(89,90)103-32-15-9-7-13-29-100-67-59(71-51(5)78)65(84)62(81)56(41-75)110-67/h48,52-67,72-75,79-84H,6-47H2,1-5H3,(H,69,76)(H,70,77)(H,71,78)(H,85,86)(H,87,88)(H,89,90)(H,91,92)/t52?,53-,54?,55?,56?,57+,58?,59?,60-,61-,62-,63?,64+,65+,66+,67+,68?/m0/s1. The zero-order chi connectivity index (χ0) is 84.6. The van der Waals surface area contributed by atoms with Crippen molar-refractivity contribution in [2.24, 2.45) is 11.3 Å². The minimum atomic E-state index is -4.64. The third kappa shape index (κ3) is 45.3. The third-order valence-electron chi connectivity index (χ3n) is 17.8. The molecule has 0 aromatic carbocycles. The Kier molecular flexibility index (Phi) is 54.9. The van der Waals surface area contributed by atoms with Crippen LogP contribution in [0.3, 0.4) is 0 Å². The molecule has 3 aliphatic rings. The molecule has 0 aromatic heterocycles. The van der Waals surface area contributed by atoms with Crippen LogP contribution in [0.5, 0.6) is 0 Å². The number of ether oxygens (including phenoxy) is 11. The Morgan fingerprint density at radius 3 is 1.05 bits per heavy atom. The van der Waals surface area contributed by atoms with Crippen LogP contribution < -0.4 is 16.0 Å². The number of phosphoric acid groups is 3. The van der Waals surface area contributed by atoms with Gasteiger partial charge in [0.25, 0.3) is 0 Å². The Balaban J connectivity index is 1.65. The lowest BCUT2D eigenvalue weighted by molar-refractivity contribution is -0.270. The summed E-state index contributed by atoms with van der Waals surface area (Å²) in [5.41, 5.74) is -1.56. The van der Waals surface area contributed by atoms with Crippen LogP contribution in [0.15, 0.2) is 0 Å². The lowest BCUT2D eigenvalue weighted by Crippen LogP contribution is -2.64. The first-order chi connectivity index (χ1) is 54.1. The van der Waals surface area contributed by atoms with Gasteiger partial charge in [-0.1, -0.05) is 38.5 Å². The largest absolute Gasteiger partial charge is 0.472 e. The van der Waals surface area contributed by atoms with E-state index in [0.717, 1.165) is 0 Å². The summed E-state index contributed by atoms with van der Waals surface area (Å²) in [6.45, 7) is 3.42. The molecule has 3 aliphatic heterocycles. The second-order valence-electron chi connectivity index (χ2n) is 28.5. The number of unbranched alkanes of at least 4 members (excludes halogenated alkanes) is 8. The van der Waals surface area contributed by atoms with Crippen LogP contribution in [0.2, 0.25) is 0 Å². The number of rotatable bonds is 69. The monoisotopic (exact) mass is 1740 g/mol. The summed E-state index contributed by atoms with van der Waals surface area (Å²) in [4.78, 5) is 78.4. The Hall–Kier alpha value is -1.95. The van der Waals surface area contributed by atoms with Gasteiger partial charge in [-0.25, -0.2) is 13.7 Å². The number of carbonyl (C=O) groups excluding carboxylic acids is 3. The fourth-order valence-corrected chi connectivity index (χ4v) is 16.0. The van der Waals surface area contributed by atoms with Crippen LogP contribution in [0.4, 0.5) is 0 Å². The van der Waals surface area contributed by atoms with E-state index in [2.05, 4.69) is 16.0 Å². The Bertz CT molecular complexity index is 2670. The molecule has 0 aromatic rings. The highest BCUT2D eigenvalue weighted by molar-refractivity contribution is 7.52. The van der Waals surface area contributed by atoms with Crippen molar-refractivity contribution in [3.63, 3.8) is 0 Å². The minimum Gasteiger partial charge on any atom is -0.396 e. The van der Waals surface area contributed by atoms with Crippen molar-refractivity contribution in [3.8, 4) is 0 Å². The van der Waals surface area contributed by atoms with Crippen molar-refractivity contribution in [1.82, 2.24) is 16.0 Å². The van der Waals surface area contributed by atoms with Gasteiger partial charge in [0.2, 0.25) is 17.7 Å². The predicted molar refractivity (Wildman–Crippen MR) is 401 cm³/mol. The van der Waals surface area contributed by atoms with E-state index in [1.54, 1.807) is 0 Å². The predicted octanol–water partition coefficient (Wildman–Crippen LogP) is 0.231. The third-order valence-corrected chi connectivity index (χ3v) is 22.5. The normalized spacial score (nSPS) is 27.1. The van der Waals surface area contributed by atoms with E-state index in [9.17, 15) is 103 Å². The molecule has 42 nitrogen and oxygen atoms in total. The number of aliphatic hydroxyl groups excluding tert-OH is 10. The van der Waals surface area contributed by atoms with Gasteiger partial charge < -0.3 is 143 Å². The quantitative estimate of drug-likeness (QED) is 0.0286. The lowest BCUT2D eigenvalue weighted by Gasteiger charge is -2.42. The summed E-state index contributed by atoms with van der Waals surface area (Å²) < 4.78 is 153. The van der Waals surface area contributed by atoms with E-state index in [4.69, 9.17) is 83.8 Å². The van der Waals surface area contributed by atoms with Crippen LogP contribution in [0, 0.1) is 11.3 Å². The Morgan fingerprint density at radius 1 is 0.377 bits per heavy atom. The molecule has 674 valence electrons. The minimum absolute atomic E-state index is 0.0160. The Labute approximate surface area is 667 Å². The van der Waals surface area contributed by atoms with Gasteiger partial charge in [-0.15, -0.1) is 0 Å². The summed E-state index contributed by atoms with van der Waals surface area (Å²) in [5, 5.41) is 109. The molecule has 17 N–H and O–H groups in total. The SMILES string of the molecule is CC(=O)NC1[C@H](OCCCCCCOP(=O)(O)OCCCOCC(COCCCOP(=O)(O)OCCCCCCO[C@@H]2OC(CO)[C@H](O)[C@H](O)C2NC(C)=O)(COCCCOP(=O)(O)OCCCCC[C@@H]2OC(CO)[C@H](O)C(O)[C@@H]2NC(C)=O)CP(=O)(O)OCCCOCC(CO)COCCCOC(C)C)OC(CO)[C@H](O)[C@@H]1O. The molecule has 3 rings (SSSR count). The molecule has 3 amide bonds. The molecule has 0 radical (unpaired) electrons. The number of phosphoric ester groups is 3. The maximum Gasteiger partial charge on any atom is 0.472 e. The maximum atomic E-state index is 14.2. The molecule has 0 bridgehead atoms. The Morgan fingerprint density at radius 2 is 0.693 bits per heavy atom. The molecule has 0 spiro atoms. The molecule has 20 atom stereocenters. The molecule has 46 heteroatoms. The second kappa shape index (κ2) is 58.9. The highest BCUT2D eigenvalue weighted by atomic mass is 31.2. The van der Waals surface area contributed by atoms with Crippen LogP contribution in [0.1, 0.15) is 144 Å². The molecule has 3 fully saturated rings. The van der Waals surface area contributed by atoms with Gasteiger partial charge in [0, 0.05) is 79.5 Å². The van der Waals surface area contributed by atoms with E-state index >= 15 is 0 Å². The summed E-state index contributed by atoms with van der Waals surface area (Å²) in [6, 6.07) is -3.17. The highest BCUT2D eigenvalue weighted by Gasteiger charge is 2.48. The van der Waals surface area contributed by atoms with Crippen molar-refractivity contribution in [2.75, 3.05) is 165 Å². The molecule has 11 unspecified atom stereocenters. The van der Waals surface area contributed by atoms with E-state index in [1.165, 1.54) is 20.8 Å². The molecule has 0 saturated carbocycles. The summed E-state index contributed by atoms with van der Waals surface area (Å²) in [5.74, 6) is -1.83. The van der Waals surface area contributed by atoms with Gasteiger partial charge in [0.15, 0.2) is 12.6 Å². The molecular formula is C68H133N3O39P4. The van der Waals surface area contributed by atoms with Gasteiger partial charge in [-0.2, -0.15) is 0 Å². The van der Waals surface area contributed by atoms with Gasteiger partial charge in [-0.05, 0) is 84.5 Å². The second-order valence-corrected chi connectivity index (χ2v) is 34.7. The van der Waals surface area contributed by atoms with E-state index < -0.39 is 172 Å². The van der Waals surface area contributed by atoms with E-state index in [-0.39, 0.29) is 176 Å². The van der Waals surface area contributed by atoms with Crippen molar-refractivity contribution in [2.45, 2.75) is 242 Å². The lowest BCUT2D eigenvalue weighted by atomic mass is 9.90. The summed E-state index contributed by atoms with van der Waals surface area (Å²) in [6.07, 6.45) is -9.96. The van der Waals surface area contributed by atoms with Gasteiger partial charge in [0.05, 0.1) is 136 Å².